The van der Waals surface area contributed by atoms with Gasteiger partial charge in [-0.25, -0.2) is 0 Å². The summed E-state index contributed by atoms with van der Waals surface area (Å²) in [6, 6.07) is 10.1. The molecule has 1 aromatic heterocycles. The molecule has 2 atom stereocenters. The molecule has 2 aromatic rings. The van der Waals surface area contributed by atoms with Crippen LogP contribution in [0.2, 0.25) is 1.41 Å². The lowest BCUT2D eigenvalue weighted by atomic mass is 9.98. The predicted molar refractivity (Wildman–Crippen MR) is 65.1 cm³/mol. The highest BCUT2D eigenvalue weighted by Gasteiger charge is 2.26. The Hall–Kier alpha value is -1.45. The zero-order valence-corrected chi connectivity index (χ0v) is 9.00. The van der Waals surface area contributed by atoms with Gasteiger partial charge in [0.2, 0.25) is 0 Å². The Morgan fingerprint density at radius 1 is 1.38 bits per heavy atom. The Kier molecular flexibility index (Phi) is 2.09. The molecule has 1 fully saturated rings. The highest BCUT2D eigenvalue weighted by atomic mass is 15.0. The molecular weight excluding hydrogens is 198 g/mol. The maximum absolute atomic E-state index is 7.96. The zero-order valence-electron chi connectivity index (χ0n) is 10.0. The molecule has 1 unspecified atom stereocenters. The lowest BCUT2D eigenvalue weighted by molar-refractivity contribution is 0.574. The van der Waals surface area contributed by atoms with Crippen LogP contribution in [0.3, 0.4) is 0 Å². The summed E-state index contributed by atoms with van der Waals surface area (Å²) < 4.78 is 7.96. The topological polar surface area (TPSA) is 50.9 Å². The summed E-state index contributed by atoms with van der Waals surface area (Å²) in [4.78, 5) is 4.43. The number of rotatable bonds is 1. The monoisotopic (exact) mass is 214 g/mol. The number of para-hydroxylation sites is 1. The van der Waals surface area contributed by atoms with Crippen molar-refractivity contribution in [1.29, 1.82) is 0 Å². The van der Waals surface area contributed by atoms with Gasteiger partial charge >= 0.3 is 0 Å². The van der Waals surface area contributed by atoms with E-state index in [2.05, 4.69) is 4.98 Å². The molecule has 3 nitrogen and oxygen atoms in total. The first-order valence-electron chi connectivity index (χ1n) is 6.07. The van der Waals surface area contributed by atoms with Crippen LogP contribution in [-0.4, -0.2) is 17.6 Å². The fourth-order valence-electron chi connectivity index (χ4n) is 2.35. The minimum Gasteiger partial charge on any atom is -0.326 e. The fraction of sp³-hybridized carbons (Fsp3) is 0.308. The molecular formula is C13H15N3. The van der Waals surface area contributed by atoms with Gasteiger partial charge in [0.15, 0.2) is 0 Å². The summed E-state index contributed by atoms with van der Waals surface area (Å²) in [5.74, 6) is 0. The largest absolute Gasteiger partial charge is 0.326 e. The second-order valence-electron chi connectivity index (χ2n) is 4.23. The first-order valence-corrected chi connectivity index (χ1v) is 5.62. The fourth-order valence-corrected chi connectivity index (χ4v) is 2.35. The van der Waals surface area contributed by atoms with E-state index < -0.39 is 0 Å². The Morgan fingerprint density at radius 3 is 3.06 bits per heavy atom. The molecule has 1 aromatic carbocycles. The molecule has 0 aliphatic carbocycles. The smallest absolute Gasteiger partial charge is 0.123 e. The van der Waals surface area contributed by atoms with Gasteiger partial charge in [0, 0.05) is 23.7 Å². The van der Waals surface area contributed by atoms with Crippen LogP contribution in [0.4, 0.5) is 0 Å². The van der Waals surface area contributed by atoms with Crippen molar-refractivity contribution in [3.63, 3.8) is 0 Å². The standard InChI is InChI=1S/C13H15N3/c14-11-6-8-16-13(11)10-5-1-3-9-4-2-7-15-12(9)10/h1-5,7,11,13,16H,6,8,14H2/t11?,13-/m1/s1/i/hD. The van der Waals surface area contributed by atoms with Gasteiger partial charge in [-0.1, -0.05) is 24.3 Å². The molecule has 0 spiro atoms. The van der Waals surface area contributed by atoms with Crippen molar-refractivity contribution < 1.29 is 1.41 Å². The van der Waals surface area contributed by atoms with Gasteiger partial charge in [0.1, 0.15) is 1.41 Å². The zero-order chi connectivity index (χ0) is 11.8. The van der Waals surface area contributed by atoms with Crippen LogP contribution in [0.5, 0.6) is 0 Å². The molecule has 0 bridgehead atoms. The summed E-state index contributed by atoms with van der Waals surface area (Å²) >= 11 is 0. The first-order chi connectivity index (χ1) is 8.27. The van der Waals surface area contributed by atoms with Crippen molar-refractivity contribution in [1.82, 2.24) is 10.3 Å². The number of aromatic nitrogens is 1. The van der Waals surface area contributed by atoms with E-state index in [0.717, 1.165) is 29.4 Å². The van der Waals surface area contributed by atoms with E-state index in [-0.39, 0.29) is 12.1 Å². The first kappa shape index (κ1) is 8.67. The Balaban J connectivity index is 2.17. The van der Waals surface area contributed by atoms with Crippen LogP contribution in [-0.2, 0) is 0 Å². The van der Waals surface area contributed by atoms with Gasteiger partial charge in [0.25, 0.3) is 0 Å². The Labute approximate surface area is 96.1 Å². The number of fused-ring (bicyclic) bond motifs is 1. The average molecular weight is 214 g/mol. The van der Waals surface area contributed by atoms with Gasteiger partial charge in [-0.05, 0) is 24.6 Å². The lowest BCUT2D eigenvalue weighted by Crippen LogP contribution is -2.28. The number of nitrogens with zero attached hydrogens (tertiary/aromatic N) is 1. The molecule has 3 rings (SSSR count). The van der Waals surface area contributed by atoms with Crippen molar-refractivity contribution in [3.8, 4) is 0 Å². The van der Waals surface area contributed by atoms with E-state index >= 15 is 0 Å². The highest BCUT2D eigenvalue weighted by Crippen LogP contribution is 2.27. The van der Waals surface area contributed by atoms with E-state index in [1.54, 1.807) is 11.5 Å². The number of hydrogen-bond donors (Lipinski definition) is 2. The third-order valence-electron chi connectivity index (χ3n) is 3.18. The molecule has 16 heavy (non-hydrogen) atoms. The van der Waals surface area contributed by atoms with Crippen molar-refractivity contribution in [2.45, 2.75) is 18.5 Å². The van der Waals surface area contributed by atoms with E-state index in [0.29, 0.717) is 0 Å². The highest BCUT2D eigenvalue weighted by molar-refractivity contribution is 5.82. The summed E-state index contributed by atoms with van der Waals surface area (Å²) in [5, 5.41) is 2.69. The molecule has 1 saturated heterocycles. The normalized spacial score (nSPS) is 27.2. The maximum Gasteiger partial charge on any atom is 0.123 e. The molecule has 2 heterocycles. The molecule has 3 heteroatoms. The van der Waals surface area contributed by atoms with Gasteiger partial charge < -0.3 is 11.0 Å². The van der Waals surface area contributed by atoms with E-state index in [1.165, 1.54) is 0 Å². The molecule has 0 amide bonds. The summed E-state index contributed by atoms with van der Waals surface area (Å²) in [5.41, 5.74) is 8.14. The predicted octanol–water partition coefficient (Wildman–Crippen LogP) is 1.60. The number of hydrogen-bond acceptors (Lipinski definition) is 3. The Bertz CT molecular complexity index is 528. The van der Waals surface area contributed by atoms with Crippen LogP contribution in [0.1, 0.15) is 18.0 Å². The van der Waals surface area contributed by atoms with Crippen LogP contribution in [0.15, 0.2) is 36.5 Å². The Morgan fingerprint density at radius 2 is 2.25 bits per heavy atom. The lowest BCUT2D eigenvalue weighted by Gasteiger charge is -2.17. The third-order valence-corrected chi connectivity index (χ3v) is 3.18. The summed E-state index contributed by atoms with van der Waals surface area (Å²) in [6.45, 7) is 0.731. The summed E-state index contributed by atoms with van der Waals surface area (Å²) in [7, 11) is 0. The van der Waals surface area contributed by atoms with E-state index in [9.17, 15) is 0 Å². The second-order valence-corrected chi connectivity index (χ2v) is 4.23. The number of nitrogens with two attached hydrogens (primary N) is 1. The maximum atomic E-state index is 7.96. The second kappa shape index (κ2) is 3.85. The molecule has 1 aliphatic heterocycles. The molecule has 0 saturated carbocycles. The van der Waals surface area contributed by atoms with Crippen molar-refractivity contribution in [2.75, 3.05) is 6.54 Å². The molecule has 0 radical (unpaired) electrons. The van der Waals surface area contributed by atoms with Crippen LogP contribution >= 0.6 is 0 Å². The van der Waals surface area contributed by atoms with E-state index in [4.69, 9.17) is 7.15 Å². The third kappa shape index (κ3) is 1.49. The van der Waals surface area contributed by atoms with Gasteiger partial charge in [-0.3, -0.25) is 4.98 Å². The minimum absolute atomic E-state index is 0.0279. The van der Waals surface area contributed by atoms with Crippen molar-refractivity contribution in [2.24, 2.45) is 5.73 Å². The van der Waals surface area contributed by atoms with Gasteiger partial charge in [-0.15, -0.1) is 0 Å². The van der Waals surface area contributed by atoms with Crippen LogP contribution in [0.25, 0.3) is 10.9 Å². The quantitative estimate of drug-likeness (QED) is 0.758. The molecule has 82 valence electrons. The summed E-state index contributed by atoms with van der Waals surface area (Å²) in [6.07, 6.45) is 2.66. The van der Waals surface area contributed by atoms with Gasteiger partial charge in [-0.2, -0.15) is 0 Å². The van der Waals surface area contributed by atoms with E-state index in [1.807, 2.05) is 30.3 Å². The number of nitrogens with one attached hydrogen (secondary N) is 1. The molecule has 1 aliphatic rings. The van der Waals surface area contributed by atoms with Crippen LogP contribution < -0.4 is 11.0 Å². The SMILES string of the molecule is [2H]N1CCC(N)[C@H]1c1cccc2cccnc12. The van der Waals surface area contributed by atoms with Crippen molar-refractivity contribution in [3.05, 3.63) is 42.1 Å². The number of pyridine rings is 1. The average Bonchev–Trinajstić information content (AvgIpc) is 2.69. The van der Waals surface area contributed by atoms with Crippen molar-refractivity contribution >= 4 is 10.9 Å². The number of benzene rings is 1. The van der Waals surface area contributed by atoms with Crippen LogP contribution in [0, 0.1) is 0 Å². The minimum atomic E-state index is -0.0337. The van der Waals surface area contributed by atoms with Gasteiger partial charge in [0.05, 0.1) is 5.52 Å². The molecule has 3 N–H and O–H groups in total.